The van der Waals surface area contributed by atoms with Crippen LogP contribution >= 0.6 is 0 Å². The van der Waals surface area contributed by atoms with Gasteiger partial charge >= 0.3 is 16.2 Å². The minimum Gasteiger partial charge on any atom is -0.478 e. The van der Waals surface area contributed by atoms with Crippen LogP contribution in [0.4, 0.5) is 5.69 Å². The van der Waals surface area contributed by atoms with Gasteiger partial charge in [0.05, 0.1) is 11.3 Å². The number of hydrogen-bond donors (Lipinski definition) is 2. The maximum absolute atomic E-state index is 12.3. The van der Waals surface area contributed by atoms with E-state index >= 15 is 0 Å². The van der Waals surface area contributed by atoms with Gasteiger partial charge in [-0.15, -0.1) is 0 Å². The molecule has 1 aromatic carbocycles. The molecule has 0 spiro atoms. The van der Waals surface area contributed by atoms with Gasteiger partial charge in [-0.2, -0.15) is 12.7 Å². The van der Waals surface area contributed by atoms with Gasteiger partial charge in [0.25, 0.3) is 0 Å². The molecule has 1 aliphatic heterocycles. The molecule has 1 aliphatic rings. The Labute approximate surface area is 125 Å². The van der Waals surface area contributed by atoms with Crippen LogP contribution in [0.5, 0.6) is 0 Å². The standard InChI is InChI=1S/C14H20N2O4S/c1-10-8-12(9-13(11(10)2)14(17)18)15-21(19,20)16-6-4-3-5-7-16/h8-9,15H,3-7H2,1-2H3,(H,17,18). The van der Waals surface area contributed by atoms with Crippen molar-refractivity contribution in [1.29, 1.82) is 0 Å². The molecule has 0 aliphatic carbocycles. The van der Waals surface area contributed by atoms with Crippen molar-refractivity contribution in [2.45, 2.75) is 33.1 Å². The summed E-state index contributed by atoms with van der Waals surface area (Å²) < 4.78 is 28.5. The largest absolute Gasteiger partial charge is 0.478 e. The van der Waals surface area contributed by atoms with Gasteiger partial charge in [-0.1, -0.05) is 6.42 Å². The topological polar surface area (TPSA) is 86.7 Å². The number of piperidine rings is 1. The predicted molar refractivity (Wildman–Crippen MR) is 80.8 cm³/mol. The van der Waals surface area contributed by atoms with E-state index in [1.165, 1.54) is 10.4 Å². The Hall–Kier alpha value is -1.60. The van der Waals surface area contributed by atoms with Crippen LogP contribution in [0.3, 0.4) is 0 Å². The number of nitrogens with zero attached hydrogens (tertiary/aromatic N) is 1. The second-order valence-corrected chi connectivity index (χ2v) is 7.01. The Morgan fingerprint density at radius 2 is 1.81 bits per heavy atom. The van der Waals surface area contributed by atoms with E-state index in [0.717, 1.165) is 24.8 Å². The molecule has 0 aromatic heterocycles. The number of anilines is 1. The maximum Gasteiger partial charge on any atom is 0.336 e. The van der Waals surface area contributed by atoms with Crippen molar-refractivity contribution < 1.29 is 18.3 Å². The normalized spacial score (nSPS) is 16.7. The number of rotatable bonds is 4. The van der Waals surface area contributed by atoms with E-state index in [0.29, 0.717) is 24.3 Å². The summed E-state index contributed by atoms with van der Waals surface area (Å²) in [6, 6.07) is 3.02. The van der Waals surface area contributed by atoms with Gasteiger partial charge in [0.1, 0.15) is 0 Å². The quantitative estimate of drug-likeness (QED) is 0.892. The summed E-state index contributed by atoms with van der Waals surface area (Å²) in [5.74, 6) is -1.06. The number of aryl methyl sites for hydroxylation is 1. The molecule has 7 heteroatoms. The van der Waals surface area contributed by atoms with Crippen molar-refractivity contribution in [3.63, 3.8) is 0 Å². The van der Waals surface area contributed by atoms with Crippen LogP contribution in [-0.2, 0) is 10.2 Å². The fourth-order valence-corrected chi connectivity index (χ4v) is 3.74. The van der Waals surface area contributed by atoms with Gasteiger partial charge in [0, 0.05) is 13.1 Å². The molecule has 0 saturated carbocycles. The van der Waals surface area contributed by atoms with Crippen molar-refractivity contribution in [3.05, 3.63) is 28.8 Å². The first-order chi connectivity index (χ1) is 9.81. The molecule has 2 rings (SSSR count). The van der Waals surface area contributed by atoms with Gasteiger partial charge < -0.3 is 5.11 Å². The van der Waals surface area contributed by atoms with Gasteiger partial charge in [-0.3, -0.25) is 4.72 Å². The van der Waals surface area contributed by atoms with E-state index in [1.807, 2.05) is 0 Å². The lowest BCUT2D eigenvalue weighted by molar-refractivity contribution is 0.0696. The summed E-state index contributed by atoms with van der Waals surface area (Å²) in [7, 11) is -3.62. The Balaban J connectivity index is 2.28. The number of carboxylic acids is 1. The van der Waals surface area contributed by atoms with E-state index < -0.39 is 16.2 Å². The summed E-state index contributed by atoms with van der Waals surface area (Å²) in [6.07, 6.45) is 2.75. The second-order valence-electron chi connectivity index (χ2n) is 5.34. The number of carboxylic acid groups (broad SMARTS) is 1. The third-order valence-electron chi connectivity index (χ3n) is 3.80. The third-order valence-corrected chi connectivity index (χ3v) is 5.34. The van der Waals surface area contributed by atoms with Crippen LogP contribution in [0.1, 0.15) is 40.7 Å². The summed E-state index contributed by atoms with van der Waals surface area (Å²) in [6.45, 7) is 4.49. The molecule has 21 heavy (non-hydrogen) atoms. The average molecular weight is 312 g/mol. The monoisotopic (exact) mass is 312 g/mol. The summed E-state index contributed by atoms with van der Waals surface area (Å²) in [5.41, 5.74) is 1.79. The maximum atomic E-state index is 12.3. The van der Waals surface area contributed by atoms with Crippen LogP contribution in [-0.4, -0.2) is 36.9 Å². The Kier molecular flexibility index (Phi) is 4.53. The molecule has 0 amide bonds. The molecular formula is C14H20N2O4S. The van der Waals surface area contributed by atoms with Crippen molar-refractivity contribution >= 4 is 21.9 Å². The van der Waals surface area contributed by atoms with Crippen LogP contribution < -0.4 is 4.72 Å². The van der Waals surface area contributed by atoms with Crippen molar-refractivity contribution in [3.8, 4) is 0 Å². The third kappa shape index (κ3) is 3.54. The first-order valence-electron chi connectivity index (χ1n) is 6.93. The Bertz CT molecular complexity index is 649. The first-order valence-corrected chi connectivity index (χ1v) is 8.37. The number of nitrogens with one attached hydrogen (secondary N) is 1. The molecule has 1 fully saturated rings. The zero-order valence-corrected chi connectivity index (χ0v) is 13.0. The highest BCUT2D eigenvalue weighted by atomic mass is 32.2. The molecule has 1 aromatic rings. The average Bonchev–Trinajstić information content (AvgIpc) is 2.43. The number of aromatic carboxylic acids is 1. The summed E-state index contributed by atoms with van der Waals surface area (Å²) >= 11 is 0. The molecule has 0 atom stereocenters. The minimum absolute atomic E-state index is 0.117. The van der Waals surface area contributed by atoms with E-state index in [4.69, 9.17) is 0 Å². The van der Waals surface area contributed by atoms with E-state index in [2.05, 4.69) is 4.72 Å². The molecule has 0 unspecified atom stereocenters. The van der Waals surface area contributed by atoms with Crippen molar-refractivity contribution in [2.24, 2.45) is 0 Å². The van der Waals surface area contributed by atoms with E-state index in [9.17, 15) is 18.3 Å². The molecule has 0 bridgehead atoms. The molecule has 1 heterocycles. The lowest BCUT2D eigenvalue weighted by atomic mass is 10.0. The van der Waals surface area contributed by atoms with Crippen molar-refractivity contribution in [2.75, 3.05) is 17.8 Å². The number of benzene rings is 1. The smallest absolute Gasteiger partial charge is 0.336 e. The fraction of sp³-hybridized carbons (Fsp3) is 0.500. The zero-order chi connectivity index (χ0) is 15.6. The molecule has 0 radical (unpaired) electrons. The number of carbonyl (C=O) groups is 1. The summed E-state index contributed by atoms with van der Waals surface area (Å²) in [4.78, 5) is 11.2. The summed E-state index contributed by atoms with van der Waals surface area (Å²) in [5, 5.41) is 9.17. The van der Waals surface area contributed by atoms with Gasteiger partial charge in [-0.25, -0.2) is 4.79 Å². The van der Waals surface area contributed by atoms with E-state index in [-0.39, 0.29) is 5.56 Å². The van der Waals surface area contributed by atoms with E-state index in [1.54, 1.807) is 19.9 Å². The SMILES string of the molecule is Cc1cc(NS(=O)(=O)N2CCCCC2)cc(C(=O)O)c1C. The van der Waals surface area contributed by atoms with Gasteiger partial charge in [0.15, 0.2) is 0 Å². The highest BCUT2D eigenvalue weighted by Gasteiger charge is 2.24. The lowest BCUT2D eigenvalue weighted by Gasteiger charge is -2.26. The molecule has 2 N–H and O–H groups in total. The van der Waals surface area contributed by atoms with Crippen molar-refractivity contribution in [1.82, 2.24) is 4.31 Å². The zero-order valence-electron chi connectivity index (χ0n) is 12.2. The molecule has 6 nitrogen and oxygen atoms in total. The van der Waals surface area contributed by atoms with Crippen LogP contribution in [0.2, 0.25) is 0 Å². The highest BCUT2D eigenvalue weighted by Crippen LogP contribution is 2.22. The van der Waals surface area contributed by atoms with Gasteiger partial charge in [0.2, 0.25) is 0 Å². The lowest BCUT2D eigenvalue weighted by Crippen LogP contribution is -2.39. The molecule has 116 valence electrons. The predicted octanol–water partition coefficient (Wildman–Crippen LogP) is 2.14. The van der Waals surface area contributed by atoms with Crippen LogP contribution in [0, 0.1) is 13.8 Å². The fourth-order valence-electron chi connectivity index (χ4n) is 2.46. The van der Waals surface area contributed by atoms with Gasteiger partial charge in [-0.05, 0) is 49.9 Å². The molecular weight excluding hydrogens is 292 g/mol. The first kappa shape index (κ1) is 15.8. The highest BCUT2D eigenvalue weighted by molar-refractivity contribution is 7.90. The van der Waals surface area contributed by atoms with Crippen LogP contribution in [0.15, 0.2) is 12.1 Å². The second kappa shape index (κ2) is 6.03. The Morgan fingerprint density at radius 1 is 1.19 bits per heavy atom. The molecule has 1 saturated heterocycles. The van der Waals surface area contributed by atoms with Crippen LogP contribution in [0.25, 0.3) is 0 Å². The number of hydrogen-bond acceptors (Lipinski definition) is 3. The Morgan fingerprint density at radius 3 is 2.38 bits per heavy atom. The minimum atomic E-state index is -3.62.